The third-order valence-corrected chi connectivity index (χ3v) is 3.61. The predicted molar refractivity (Wildman–Crippen MR) is 74.1 cm³/mol. The van der Waals surface area contributed by atoms with Crippen LogP contribution < -0.4 is 10.5 Å². The van der Waals surface area contributed by atoms with Gasteiger partial charge in [0.25, 0.3) is 0 Å². The number of rotatable bonds is 5. The van der Waals surface area contributed by atoms with Crippen LogP contribution in [0.3, 0.4) is 0 Å². The quantitative estimate of drug-likeness (QED) is 0.898. The van der Waals surface area contributed by atoms with Crippen LogP contribution in [0.4, 0.5) is 0 Å². The van der Waals surface area contributed by atoms with Gasteiger partial charge in [-0.2, -0.15) is 0 Å². The average Bonchev–Trinajstić information content (AvgIpc) is 2.42. The molecular formula is C14H16N2OS. The maximum Gasteiger partial charge on any atom is 0.118 e. The van der Waals surface area contributed by atoms with Gasteiger partial charge in [-0.1, -0.05) is 17.8 Å². The summed E-state index contributed by atoms with van der Waals surface area (Å²) in [6, 6.07) is 12.0. The van der Waals surface area contributed by atoms with Crippen molar-refractivity contribution >= 4 is 11.8 Å². The minimum absolute atomic E-state index is 0.641. The van der Waals surface area contributed by atoms with Gasteiger partial charge in [0.1, 0.15) is 10.8 Å². The van der Waals surface area contributed by atoms with Gasteiger partial charge in [0.15, 0.2) is 0 Å². The summed E-state index contributed by atoms with van der Waals surface area (Å²) in [5.41, 5.74) is 6.80. The summed E-state index contributed by atoms with van der Waals surface area (Å²) in [5.74, 6) is 0.863. The maximum atomic E-state index is 5.61. The van der Waals surface area contributed by atoms with Crippen molar-refractivity contribution in [1.82, 2.24) is 4.98 Å². The van der Waals surface area contributed by atoms with E-state index in [9.17, 15) is 0 Å². The Labute approximate surface area is 111 Å². The Hall–Kier alpha value is -1.52. The lowest BCUT2D eigenvalue weighted by Gasteiger charge is -2.07. The van der Waals surface area contributed by atoms with Crippen LogP contribution in [0.2, 0.25) is 0 Å². The van der Waals surface area contributed by atoms with E-state index in [4.69, 9.17) is 10.5 Å². The van der Waals surface area contributed by atoms with Crippen LogP contribution >= 0.6 is 11.8 Å². The van der Waals surface area contributed by atoms with Gasteiger partial charge in [-0.3, -0.25) is 0 Å². The zero-order valence-electron chi connectivity index (χ0n) is 10.3. The van der Waals surface area contributed by atoms with Crippen molar-refractivity contribution in [3.05, 3.63) is 48.2 Å². The smallest absolute Gasteiger partial charge is 0.118 e. The second kappa shape index (κ2) is 6.42. The van der Waals surface area contributed by atoms with Gasteiger partial charge in [-0.05, 0) is 48.9 Å². The molecule has 0 aliphatic heterocycles. The first-order valence-corrected chi connectivity index (χ1v) is 6.61. The average molecular weight is 260 g/mol. The molecule has 0 aliphatic carbocycles. The molecule has 94 valence electrons. The predicted octanol–water partition coefficient (Wildman–Crippen LogP) is 2.74. The Morgan fingerprint density at radius 3 is 2.67 bits per heavy atom. The Morgan fingerprint density at radius 2 is 2.00 bits per heavy atom. The van der Waals surface area contributed by atoms with Gasteiger partial charge in [-0.25, -0.2) is 4.98 Å². The molecule has 0 radical (unpaired) electrons. The van der Waals surface area contributed by atoms with Crippen molar-refractivity contribution in [3.8, 4) is 5.75 Å². The highest BCUT2D eigenvalue weighted by Crippen LogP contribution is 2.29. The normalized spacial score (nSPS) is 10.3. The largest absolute Gasteiger partial charge is 0.497 e. The molecule has 0 saturated carbocycles. The Kier molecular flexibility index (Phi) is 4.61. The lowest BCUT2D eigenvalue weighted by Crippen LogP contribution is -2.04. The summed E-state index contributed by atoms with van der Waals surface area (Å²) in [4.78, 5) is 5.56. The Morgan fingerprint density at radius 1 is 1.22 bits per heavy atom. The first kappa shape index (κ1) is 12.9. The van der Waals surface area contributed by atoms with Crippen LogP contribution in [-0.2, 0) is 6.42 Å². The molecule has 1 heterocycles. The molecule has 3 nitrogen and oxygen atoms in total. The molecule has 18 heavy (non-hydrogen) atoms. The van der Waals surface area contributed by atoms with Crippen molar-refractivity contribution in [2.45, 2.75) is 16.3 Å². The van der Waals surface area contributed by atoms with Crippen molar-refractivity contribution in [1.29, 1.82) is 0 Å². The van der Waals surface area contributed by atoms with Crippen molar-refractivity contribution in [2.24, 2.45) is 5.73 Å². The highest BCUT2D eigenvalue weighted by Gasteiger charge is 2.05. The molecule has 0 bridgehead atoms. The molecule has 0 aliphatic rings. The van der Waals surface area contributed by atoms with E-state index in [-0.39, 0.29) is 0 Å². The minimum atomic E-state index is 0.641. The van der Waals surface area contributed by atoms with E-state index in [2.05, 4.69) is 11.1 Å². The van der Waals surface area contributed by atoms with Crippen LogP contribution in [0.1, 0.15) is 5.56 Å². The number of hydrogen-bond donors (Lipinski definition) is 1. The molecule has 0 saturated heterocycles. The van der Waals surface area contributed by atoms with Crippen LogP contribution in [0.25, 0.3) is 0 Å². The number of nitrogens with two attached hydrogens (primary N) is 1. The van der Waals surface area contributed by atoms with E-state index in [0.29, 0.717) is 6.54 Å². The fraction of sp³-hybridized carbons (Fsp3) is 0.214. The van der Waals surface area contributed by atoms with Gasteiger partial charge in [-0.15, -0.1) is 0 Å². The molecule has 0 unspecified atom stereocenters. The van der Waals surface area contributed by atoms with E-state index in [1.54, 1.807) is 18.9 Å². The van der Waals surface area contributed by atoms with Crippen LogP contribution in [0.5, 0.6) is 5.75 Å². The molecular weight excluding hydrogens is 244 g/mol. The molecule has 2 rings (SSSR count). The SMILES string of the molecule is COc1ccc(Sc2ncccc2CCN)cc1. The number of nitrogens with zero attached hydrogens (tertiary/aromatic N) is 1. The topological polar surface area (TPSA) is 48.1 Å². The van der Waals surface area contributed by atoms with E-state index in [1.165, 1.54) is 5.56 Å². The lowest BCUT2D eigenvalue weighted by molar-refractivity contribution is 0.414. The Bertz CT molecular complexity index is 499. The summed E-state index contributed by atoms with van der Waals surface area (Å²) in [7, 11) is 1.67. The summed E-state index contributed by atoms with van der Waals surface area (Å²) < 4.78 is 5.14. The van der Waals surface area contributed by atoms with Gasteiger partial charge in [0, 0.05) is 11.1 Å². The second-order valence-electron chi connectivity index (χ2n) is 3.78. The Balaban J connectivity index is 2.17. The van der Waals surface area contributed by atoms with Crippen molar-refractivity contribution < 1.29 is 4.74 Å². The molecule has 1 aromatic heterocycles. The summed E-state index contributed by atoms with van der Waals surface area (Å²) in [6.45, 7) is 0.641. The van der Waals surface area contributed by atoms with Crippen LogP contribution in [-0.4, -0.2) is 18.6 Å². The fourth-order valence-electron chi connectivity index (χ4n) is 1.62. The number of hydrogen-bond acceptors (Lipinski definition) is 4. The molecule has 0 fully saturated rings. The monoisotopic (exact) mass is 260 g/mol. The highest BCUT2D eigenvalue weighted by molar-refractivity contribution is 7.99. The number of ether oxygens (including phenoxy) is 1. The summed E-state index contributed by atoms with van der Waals surface area (Å²) in [6.07, 6.45) is 2.66. The van der Waals surface area contributed by atoms with Gasteiger partial charge in [0.05, 0.1) is 7.11 Å². The first-order chi connectivity index (χ1) is 8.83. The van der Waals surface area contributed by atoms with E-state index < -0.39 is 0 Å². The summed E-state index contributed by atoms with van der Waals surface area (Å²) >= 11 is 1.65. The highest BCUT2D eigenvalue weighted by atomic mass is 32.2. The molecule has 0 spiro atoms. The van der Waals surface area contributed by atoms with Gasteiger partial charge in [0.2, 0.25) is 0 Å². The first-order valence-electron chi connectivity index (χ1n) is 5.79. The molecule has 2 aromatic rings. The van der Waals surface area contributed by atoms with Crippen molar-refractivity contribution in [3.63, 3.8) is 0 Å². The fourth-order valence-corrected chi connectivity index (χ4v) is 2.53. The lowest BCUT2D eigenvalue weighted by atomic mass is 10.2. The van der Waals surface area contributed by atoms with Crippen LogP contribution in [0, 0.1) is 0 Å². The van der Waals surface area contributed by atoms with Crippen molar-refractivity contribution in [2.75, 3.05) is 13.7 Å². The standard InChI is InChI=1S/C14H16N2OS/c1-17-12-4-6-13(7-5-12)18-14-11(8-9-15)3-2-10-16-14/h2-7,10H,8-9,15H2,1H3. The number of benzene rings is 1. The van der Waals surface area contributed by atoms with E-state index >= 15 is 0 Å². The van der Waals surface area contributed by atoms with Gasteiger partial charge >= 0.3 is 0 Å². The number of methoxy groups -OCH3 is 1. The van der Waals surface area contributed by atoms with E-state index in [0.717, 1.165) is 22.1 Å². The maximum absolute atomic E-state index is 5.61. The molecule has 0 atom stereocenters. The number of aromatic nitrogens is 1. The van der Waals surface area contributed by atoms with E-state index in [1.807, 2.05) is 36.5 Å². The molecule has 4 heteroatoms. The number of pyridine rings is 1. The minimum Gasteiger partial charge on any atom is -0.497 e. The zero-order chi connectivity index (χ0) is 12.8. The molecule has 0 amide bonds. The third kappa shape index (κ3) is 3.24. The zero-order valence-corrected chi connectivity index (χ0v) is 11.1. The van der Waals surface area contributed by atoms with Crippen LogP contribution in [0.15, 0.2) is 52.5 Å². The second-order valence-corrected chi connectivity index (χ2v) is 4.85. The molecule has 2 N–H and O–H groups in total. The molecule has 1 aromatic carbocycles. The van der Waals surface area contributed by atoms with Gasteiger partial charge < -0.3 is 10.5 Å². The third-order valence-electron chi connectivity index (χ3n) is 2.54. The summed E-state index contributed by atoms with van der Waals surface area (Å²) in [5, 5.41) is 1.02.